The third-order valence-corrected chi connectivity index (χ3v) is 8.40. The number of rotatable bonds is 6. The van der Waals surface area contributed by atoms with Gasteiger partial charge in [-0.1, -0.05) is 17.7 Å². The van der Waals surface area contributed by atoms with Crippen LogP contribution in [-0.2, 0) is 23.2 Å². The predicted molar refractivity (Wildman–Crippen MR) is 145 cm³/mol. The van der Waals surface area contributed by atoms with E-state index in [9.17, 15) is 21.6 Å². The van der Waals surface area contributed by atoms with Crippen LogP contribution in [0.1, 0.15) is 24.0 Å². The monoisotopic (exact) mass is 594 g/mol. The van der Waals surface area contributed by atoms with E-state index in [2.05, 4.69) is 25.4 Å². The number of sulfonamides is 1. The fraction of sp³-hybridized carbons (Fsp3) is 0.360. The van der Waals surface area contributed by atoms with E-state index in [1.165, 1.54) is 21.4 Å². The number of piperidine rings is 1. The molecule has 0 spiro atoms. The summed E-state index contributed by atoms with van der Waals surface area (Å²) in [5, 5.41) is 7.67. The van der Waals surface area contributed by atoms with Gasteiger partial charge in [0.1, 0.15) is 23.3 Å². The van der Waals surface area contributed by atoms with Gasteiger partial charge in [-0.25, -0.2) is 27.7 Å². The molecule has 0 bridgehead atoms. The minimum Gasteiger partial charge on any atom is -0.351 e. The van der Waals surface area contributed by atoms with Crippen LogP contribution in [0.3, 0.4) is 0 Å². The molecule has 0 atom stereocenters. The molecule has 1 aliphatic heterocycles. The highest BCUT2D eigenvalue weighted by atomic mass is 35.5. The Morgan fingerprint density at radius 3 is 2.45 bits per heavy atom. The maximum absolute atomic E-state index is 13.9. The molecule has 0 aliphatic carbocycles. The van der Waals surface area contributed by atoms with Crippen molar-refractivity contribution < 1.29 is 21.6 Å². The molecule has 1 fully saturated rings. The van der Waals surface area contributed by atoms with Crippen LogP contribution in [0.2, 0.25) is 5.02 Å². The Bertz CT molecular complexity index is 1640. The van der Waals surface area contributed by atoms with Crippen molar-refractivity contribution in [1.29, 1.82) is 0 Å². The molecule has 4 heterocycles. The molecule has 3 aromatic heterocycles. The number of alkyl halides is 3. The Balaban J connectivity index is 1.43. The largest absolute Gasteiger partial charge is 0.420 e. The van der Waals surface area contributed by atoms with Gasteiger partial charge in [-0.05, 0) is 37.5 Å². The highest BCUT2D eigenvalue weighted by Gasteiger charge is 2.36. The lowest BCUT2D eigenvalue weighted by atomic mass is 10.1. The average Bonchev–Trinajstić information content (AvgIpc) is 3.49. The van der Waals surface area contributed by atoms with Gasteiger partial charge in [0, 0.05) is 44.1 Å². The number of aromatic nitrogens is 6. The molecule has 1 saturated heterocycles. The molecule has 0 unspecified atom stereocenters. The van der Waals surface area contributed by atoms with E-state index in [-0.39, 0.29) is 23.4 Å². The zero-order valence-corrected chi connectivity index (χ0v) is 23.4. The van der Waals surface area contributed by atoms with Crippen LogP contribution < -0.4 is 5.32 Å². The number of anilines is 1. The van der Waals surface area contributed by atoms with Crippen LogP contribution in [-0.4, -0.2) is 67.4 Å². The smallest absolute Gasteiger partial charge is 0.351 e. The van der Waals surface area contributed by atoms with Crippen LogP contribution >= 0.6 is 11.6 Å². The molecule has 1 aromatic carbocycles. The summed E-state index contributed by atoms with van der Waals surface area (Å²) >= 11 is 6.58. The number of imidazole rings is 1. The van der Waals surface area contributed by atoms with Crippen molar-refractivity contribution >= 4 is 27.6 Å². The molecule has 10 nitrogen and oxygen atoms in total. The van der Waals surface area contributed by atoms with E-state index in [0.29, 0.717) is 36.6 Å². The summed E-state index contributed by atoms with van der Waals surface area (Å²) < 4.78 is 69.8. The Labute approximate surface area is 233 Å². The Kier molecular flexibility index (Phi) is 7.35. The third-order valence-electron chi connectivity index (χ3n) is 6.80. The molecule has 0 amide bonds. The summed E-state index contributed by atoms with van der Waals surface area (Å²) in [6.07, 6.45) is 2.66. The van der Waals surface area contributed by atoms with Gasteiger partial charge >= 0.3 is 6.18 Å². The molecule has 5 rings (SSSR count). The topological polar surface area (TPSA) is 111 Å². The third kappa shape index (κ3) is 5.69. The lowest BCUT2D eigenvalue weighted by Crippen LogP contribution is -2.42. The number of benzene rings is 1. The Morgan fingerprint density at radius 1 is 1.12 bits per heavy atom. The quantitative estimate of drug-likeness (QED) is 0.349. The zero-order valence-electron chi connectivity index (χ0n) is 21.8. The number of nitrogens with zero attached hydrogens (tertiary/aromatic N) is 7. The molecular weight excluding hydrogens is 569 g/mol. The first-order valence-corrected chi connectivity index (χ1v) is 14.5. The van der Waals surface area contributed by atoms with Gasteiger partial charge < -0.3 is 9.88 Å². The van der Waals surface area contributed by atoms with E-state index >= 15 is 0 Å². The van der Waals surface area contributed by atoms with Crippen molar-refractivity contribution in [2.24, 2.45) is 7.05 Å². The second kappa shape index (κ2) is 10.5. The van der Waals surface area contributed by atoms with Crippen molar-refractivity contribution in [1.82, 2.24) is 33.6 Å². The minimum atomic E-state index is -4.71. The lowest BCUT2D eigenvalue weighted by Gasteiger charge is -2.30. The number of hydrogen-bond donors (Lipinski definition) is 1. The summed E-state index contributed by atoms with van der Waals surface area (Å²) in [4.78, 5) is 12.3. The SMILES string of the molecule is Cc1cnn(C)c1-c1ccc(-n2cnc(-c3nc(NC4CCN(S(C)(=O)=O)CC4)ncc3C(F)(F)F)c2)c(Cl)c1. The fourth-order valence-corrected chi connectivity index (χ4v) is 5.92. The number of aryl methyl sites for hydroxylation is 2. The minimum absolute atomic E-state index is 0.00397. The molecule has 15 heteroatoms. The van der Waals surface area contributed by atoms with Crippen molar-refractivity contribution in [3.8, 4) is 28.3 Å². The molecular formula is C25H26ClF3N8O2S. The Hall–Kier alpha value is -3.49. The number of hydrogen-bond acceptors (Lipinski definition) is 7. The van der Waals surface area contributed by atoms with Crippen molar-refractivity contribution in [3.63, 3.8) is 0 Å². The van der Waals surface area contributed by atoms with E-state index in [1.54, 1.807) is 23.0 Å². The van der Waals surface area contributed by atoms with Gasteiger partial charge in [0.25, 0.3) is 0 Å². The highest BCUT2D eigenvalue weighted by Crippen LogP contribution is 2.36. The first kappa shape index (κ1) is 28.1. The van der Waals surface area contributed by atoms with E-state index < -0.39 is 21.8 Å². The maximum Gasteiger partial charge on any atom is 0.420 e. The summed E-state index contributed by atoms with van der Waals surface area (Å²) in [5.41, 5.74) is 1.84. The predicted octanol–water partition coefficient (Wildman–Crippen LogP) is 4.55. The fourth-order valence-electron chi connectivity index (χ4n) is 4.77. The molecule has 4 aromatic rings. The van der Waals surface area contributed by atoms with Crippen molar-refractivity contribution in [2.75, 3.05) is 24.7 Å². The van der Waals surface area contributed by atoms with Crippen LogP contribution in [0, 0.1) is 6.92 Å². The van der Waals surface area contributed by atoms with Gasteiger partial charge in [0.2, 0.25) is 16.0 Å². The van der Waals surface area contributed by atoms with Crippen LogP contribution in [0.25, 0.3) is 28.3 Å². The van der Waals surface area contributed by atoms with Crippen LogP contribution in [0.15, 0.2) is 43.1 Å². The standard InChI is InChI=1S/C25H26ClF3N8O2S/c1-15-11-32-35(2)23(15)16-4-5-21(19(26)10-16)36-13-20(31-14-36)22-18(25(27,28)29)12-30-24(34-22)33-17-6-8-37(9-7-17)40(3,38)39/h4-5,10-14,17H,6-9H2,1-3H3,(H,30,33,34). The van der Waals surface area contributed by atoms with Crippen molar-refractivity contribution in [2.45, 2.75) is 32.0 Å². The van der Waals surface area contributed by atoms with Gasteiger partial charge in [-0.15, -0.1) is 0 Å². The Morgan fingerprint density at radius 2 is 1.85 bits per heavy atom. The van der Waals surface area contributed by atoms with Crippen molar-refractivity contribution in [3.05, 3.63) is 59.3 Å². The molecule has 40 heavy (non-hydrogen) atoms. The first-order valence-electron chi connectivity index (χ1n) is 12.3. The maximum atomic E-state index is 13.9. The van der Waals surface area contributed by atoms with Crippen LogP contribution in [0.4, 0.5) is 19.1 Å². The zero-order chi connectivity index (χ0) is 28.8. The van der Waals surface area contributed by atoms with E-state index in [1.807, 2.05) is 20.0 Å². The first-order chi connectivity index (χ1) is 18.8. The van der Waals surface area contributed by atoms with Gasteiger partial charge in [-0.3, -0.25) is 4.68 Å². The van der Waals surface area contributed by atoms with E-state index in [0.717, 1.165) is 29.3 Å². The van der Waals surface area contributed by atoms with Crippen LogP contribution in [0.5, 0.6) is 0 Å². The summed E-state index contributed by atoms with van der Waals surface area (Å²) in [7, 11) is -1.48. The highest BCUT2D eigenvalue weighted by molar-refractivity contribution is 7.88. The normalized spacial score (nSPS) is 15.5. The molecule has 0 radical (unpaired) electrons. The molecule has 1 N–H and O–H groups in total. The average molecular weight is 595 g/mol. The van der Waals surface area contributed by atoms with Gasteiger partial charge in [-0.2, -0.15) is 18.3 Å². The number of halogens is 4. The van der Waals surface area contributed by atoms with E-state index in [4.69, 9.17) is 11.6 Å². The summed E-state index contributed by atoms with van der Waals surface area (Å²) in [6.45, 7) is 2.54. The second-order valence-electron chi connectivity index (χ2n) is 9.67. The van der Waals surface area contributed by atoms with Gasteiger partial charge in [0.15, 0.2) is 0 Å². The number of nitrogens with one attached hydrogen (secondary N) is 1. The summed E-state index contributed by atoms with van der Waals surface area (Å²) in [6, 6.07) is 5.19. The molecule has 212 valence electrons. The molecule has 0 saturated carbocycles. The summed E-state index contributed by atoms with van der Waals surface area (Å²) in [5.74, 6) is 0.00397. The second-order valence-corrected chi connectivity index (χ2v) is 12.1. The van der Waals surface area contributed by atoms with Gasteiger partial charge in [0.05, 0.1) is 28.9 Å². The lowest BCUT2D eigenvalue weighted by molar-refractivity contribution is -0.137. The molecule has 1 aliphatic rings.